The van der Waals surface area contributed by atoms with Gasteiger partial charge in [-0.05, 0) is 73.6 Å². The fraction of sp³-hybridized carbons (Fsp3) is 0.475. The monoisotopic (exact) mass is 787 g/mol. The number of anilines is 3. The second-order valence-electron chi connectivity index (χ2n) is 15.3. The summed E-state index contributed by atoms with van der Waals surface area (Å²) in [5.74, 6) is 0.499. The zero-order valence-electron chi connectivity index (χ0n) is 31.2. The lowest BCUT2D eigenvalue weighted by atomic mass is 9.89. The van der Waals surface area contributed by atoms with Crippen LogP contribution in [0.15, 0.2) is 70.5 Å². The van der Waals surface area contributed by atoms with E-state index in [0.29, 0.717) is 56.0 Å². The van der Waals surface area contributed by atoms with Crippen molar-refractivity contribution in [1.82, 2.24) is 29.5 Å². The molecule has 0 spiro atoms. The average molecular weight is 788 g/mol. The number of nitrogens with zero attached hydrogens (tertiary/aromatic N) is 6. The zero-order valence-corrected chi connectivity index (χ0v) is 32.0. The van der Waals surface area contributed by atoms with Gasteiger partial charge in [0.05, 0.1) is 10.5 Å². The largest absolute Gasteiger partial charge is 0.372 e. The van der Waals surface area contributed by atoms with Gasteiger partial charge in [0, 0.05) is 107 Å². The van der Waals surface area contributed by atoms with E-state index in [9.17, 15) is 27.4 Å². The van der Waals surface area contributed by atoms with E-state index < -0.39 is 28.5 Å². The number of imide groups is 1. The number of carbonyl (C=O) groups excluding carboxylic acids is 2. The van der Waals surface area contributed by atoms with Gasteiger partial charge in [-0.3, -0.25) is 24.6 Å². The van der Waals surface area contributed by atoms with Gasteiger partial charge < -0.3 is 20.1 Å². The number of H-pyrrole nitrogens is 1. The Bertz CT molecular complexity index is 2130. The average Bonchev–Trinajstić information content (AvgIpc) is 3.21. The van der Waals surface area contributed by atoms with Crippen molar-refractivity contribution in [1.29, 1.82) is 0 Å². The fourth-order valence-corrected chi connectivity index (χ4v) is 9.70. The molecule has 3 N–H and O–H groups in total. The molecule has 6 heterocycles. The SMILES string of the molecule is O=C1CC(c2cccc(N3CCC(CN4CCN(c5cccc(S(=O)N6CCC(Nc7ncc8cc(C(F)F)c(=O)[nH]c8n7)CC6)c5)CC4)CC3)c2)CC(=O)N1. The Balaban J connectivity index is 0.781. The van der Waals surface area contributed by atoms with Gasteiger partial charge in [-0.2, -0.15) is 4.98 Å². The number of aromatic amines is 1. The van der Waals surface area contributed by atoms with Crippen molar-refractivity contribution in [2.45, 2.75) is 61.8 Å². The predicted molar refractivity (Wildman–Crippen MR) is 211 cm³/mol. The Morgan fingerprint density at radius 2 is 1.50 bits per heavy atom. The molecule has 0 radical (unpaired) electrons. The summed E-state index contributed by atoms with van der Waals surface area (Å²) in [7, 11) is -1.31. The molecule has 2 aromatic carbocycles. The number of amides is 2. The molecule has 4 aliphatic heterocycles. The van der Waals surface area contributed by atoms with Gasteiger partial charge in [0.2, 0.25) is 17.8 Å². The van der Waals surface area contributed by atoms with E-state index in [2.05, 4.69) is 64.6 Å². The van der Waals surface area contributed by atoms with Crippen LogP contribution in [0, 0.1) is 5.92 Å². The fourth-order valence-electron chi connectivity index (χ4n) is 8.44. The first kappa shape index (κ1) is 38.1. The van der Waals surface area contributed by atoms with Crippen LogP contribution >= 0.6 is 0 Å². The molecule has 1 unspecified atom stereocenters. The highest BCUT2D eigenvalue weighted by Gasteiger charge is 2.29. The van der Waals surface area contributed by atoms with Crippen LogP contribution in [0.1, 0.15) is 62.0 Å². The van der Waals surface area contributed by atoms with E-state index in [0.717, 1.165) is 80.9 Å². The third-order valence-electron chi connectivity index (χ3n) is 11.6. The number of piperidine rings is 3. The van der Waals surface area contributed by atoms with Gasteiger partial charge in [-0.15, -0.1) is 0 Å². The van der Waals surface area contributed by atoms with Crippen molar-refractivity contribution in [2.24, 2.45) is 5.92 Å². The van der Waals surface area contributed by atoms with Gasteiger partial charge >= 0.3 is 0 Å². The lowest BCUT2D eigenvalue weighted by Gasteiger charge is -2.40. The minimum Gasteiger partial charge on any atom is -0.372 e. The number of rotatable bonds is 10. The number of fused-ring (bicyclic) bond motifs is 1. The Hall–Kier alpha value is -4.80. The third kappa shape index (κ3) is 8.76. The summed E-state index contributed by atoms with van der Waals surface area (Å²) < 4.78 is 41.9. The zero-order chi connectivity index (χ0) is 38.8. The van der Waals surface area contributed by atoms with Crippen LogP contribution in [0.2, 0.25) is 0 Å². The molecular weight excluding hydrogens is 741 g/mol. The molecule has 296 valence electrons. The molecule has 2 aromatic heterocycles. The highest BCUT2D eigenvalue weighted by Crippen LogP contribution is 2.32. The Kier molecular flexibility index (Phi) is 11.4. The van der Waals surface area contributed by atoms with Crippen LogP contribution in [0.5, 0.6) is 0 Å². The molecule has 0 saturated carbocycles. The lowest BCUT2D eigenvalue weighted by molar-refractivity contribution is -0.133. The number of benzene rings is 2. The second-order valence-corrected chi connectivity index (χ2v) is 16.8. The molecular formula is C40H47F2N9O4S. The smallest absolute Gasteiger partial charge is 0.269 e. The number of alkyl halides is 2. The van der Waals surface area contributed by atoms with Crippen LogP contribution in [0.3, 0.4) is 0 Å². The van der Waals surface area contributed by atoms with E-state index in [1.807, 2.05) is 28.6 Å². The first-order chi connectivity index (χ1) is 27.1. The highest BCUT2D eigenvalue weighted by molar-refractivity contribution is 7.82. The number of piperazine rings is 1. The summed E-state index contributed by atoms with van der Waals surface area (Å²) in [5, 5.41) is 6.03. The molecule has 4 aliphatic rings. The van der Waals surface area contributed by atoms with E-state index in [1.54, 1.807) is 0 Å². The molecule has 4 fully saturated rings. The standard InChI is InChI=1S/C40H47F2N9O4S/c41-37(42)34-20-29-24-43-40(47-38(29)46-39(34)54)44-30-9-13-51(14-10-30)56(55)33-6-2-5-32(23-33)50-17-15-48(16-18-50)25-26-7-11-49(12-8-26)31-4-1-3-27(19-31)28-21-35(52)45-36(53)22-28/h1-6,19-20,23-24,26,28,30,37H,7-18,21-22,25H2,(H,45,52,53)(H2,43,44,46,47,54). The van der Waals surface area contributed by atoms with Gasteiger partial charge in [-0.25, -0.2) is 22.3 Å². The normalized spacial score (nSPS) is 20.5. The van der Waals surface area contributed by atoms with E-state index >= 15 is 0 Å². The molecule has 4 aromatic rings. The molecule has 56 heavy (non-hydrogen) atoms. The van der Waals surface area contributed by atoms with Crippen molar-refractivity contribution in [2.75, 3.05) is 74.0 Å². The van der Waals surface area contributed by atoms with Crippen LogP contribution in [-0.2, 0) is 20.6 Å². The number of hydrogen-bond acceptors (Lipinski definition) is 10. The number of pyridine rings is 1. The van der Waals surface area contributed by atoms with Crippen molar-refractivity contribution < 1.29 is 22.6 Å². The minimum atomic E-state index is -2.88. The van der Waals surface area contributed by atoms with Crippen molar-refractivity contribution in [3.8, 4) is 0 Å². The lowest BCUT2D eigenvalue weighted by Crippen LogP contribution is -2.49. The Morgan fingerprint density at radius 1 is 0.821 bits per heavy atom. The Labute approximate surface area is 326 Å². The molecule has 2 amide bonds. The summed E-state index contributed by atoms with van der Waals surface area (Å²) in [6.07, 6.45) is 2.93. The van der Waals surface area contributed by atoms with E-state index in [4.69, 9.17) is 0 Å². The summed E-state index contributed by atoms with van der Waals surface area (Å²) in [5.41, 5.74) is 2.05. The van der Waals surface area contributed by atoms with E-state index in [-0.39, 0.29) is 29.4 Å². The molecule has 4 saturated heterocycles. The predicted octanol–water partition coefficient (Wildman–Crippen LogP) is 4.41. The van der Waals surface area contributed by atoms with Gasteiger partial charge in [0.15, 0.2) is 0 Å². The van der Waals surface area contributed by atoms with Gasteiger partial charge in [-0.1, -0.05) is 18.2 Å². The highest BCUT2D eigenvalue weighted by atomic mass is 32.2. The number of aromatic nitrogens is 3. The quantitative estimate of drug-likeness (QED) is 0.198. The van der Waals surface area contributed by atoms with Gasteiger partial charge in [0.25, 0.3) is 12.0 Å². The maximum atomic E-state index is 13.7. The van der Waals surface area contributed by atoms with Crippen LogP contribution < -0.4 is 26.0 Å². The molecule has 0 bridgehead atoms. The summed E-state index contributed by atoms with van der Waals surface area (Å²) in [6, 6.07) is 17.6. The first-order valence-corrected chi connectivity index (χ1v) is 20.6. The maximum absolute atomic E-state index is 13.7. The second kappa shape index (κ2) is 16.7. The third-order valence-corrected chi connectivity index (χ3v) is 13.1. The summed E-state index contributed by atoms with van der Waals surface area (Å²) in [4.78, 5) is 55.1. The summed E-state index contributed by atoms with van der Waals surface area (Å²) in [6.45, 7) is 8.10. The maximum Gasteiger partial charge on any atom is 0.269 e. The molecule has 0 aliphatic carbocycles. The van der Waals surface area contributed by atoms with Crippen molar-refractivity contribution in [3.05, 3.63) is 82.3 Å². The van der Waals surface area contributed by atoms with Crippen molar-refractivity contribution >= 4 is 51.2 Å². The molecule has 1 atom stereocenters. The number of carbonyl (C=O) groups is 2. The number of halogens is 2. The molecule has 8 rings (SSSR count). The Morgan fingerprint density at radius 3 is 2.21 bits per heavy atom. The van der Waals surface area contributed by atoms with Crippen LogP contribution in [0.4, 0.5) is 26.1 Å². The topological polar surface area (TPSA) is 147 Å². The molecule has 16 heteroatoms. The van der Waals surface area contributed by atoms with Crippen molar-refractivity contribution in [3.63, 3.8) is 0 Å². The number of hydrogen-bond donors (Lipinski definition) is 3. The summed E-state index contributed by atoms with van der Waals surface area (Å²) >= 11 is 0. The van der Waals surface area contributed by atoms with Crippen LogP contribution in [-0.4, -0.2) is 105 Å². The van der Waals surface area contributed by atoms with Gasteiger partial charge in [0.1, 0.15) is 16.6 Å². The first-order valence-electron chi connectivity index (χ1n) is 19.5. The molecule has 13 nitrogen and oxygen atoms in total. The van der Waals surface area contributed by atoms with E-state index in [1.165, 1.54) is 11.9 Å². The van der Waals surface area contributed by atoms with Crippen LogP contribution in [0.25, 0.3) is 11.0 Å². The minimum absolute atomic E-state index is 0.0344. The number of nitrogens with one attached hydrogen (secondary N) is 3.